The van der Waals surface area contributed by atoms with Gasteiger partial charge in [0.15, 0.2) is 0 Å². The average Bonchev–Trinajstić information content (AvgIpc) is 3.26. The highest BCUT2D eigenvalue weighted by molar-refractivity contribution is 7.89. The van der Waals surface area contributed by atoms with Crippen LogP contribution in [0.1, 0.15) is 29.6 Å². The van der Waals surface area contributed by atoms with Gasteiger partial charge >= 0.3 is 0 Å². The Morgan fingerprint density at radius 3 is 2.67 bits per heavy atom. The minimum atomic E-state index is -3.55. The summed E-state index contributed by atoms with van der Waals surface area (Å²) < 4.78 is 32.8. The smallest absolute Gasteiger partial charge is 0.251 e. The number of rotatable bonds is 6. The molecule has 0 aliphatic carbocycles. The zero-order valence-corrected chi connectivity index (χ0v) is 14.3. The van der Waals surface area contributed by atoms with E-state index in [-0.39, 0.29) is 22.9 Å². The van der Waals surface area contributed by atoms with Crippen molar-refractivity contribution in [1.82, 2.24) is 15.4 Å². The Hall–Kier alpha value is -1.48. The summed E-state index contributed by atoms with van der Waals surface area (Å²) in [6.07, 6.45) is 2.84. The van der Waals surface area contributed by atoms with Crippen LogP contribution >= 0.6 is 0 Å². The summed E-state index contributed by atoms with van der Waals surface area (Å²) in [5, 5.41) is 5.94. The normalized spacial score (nSPS) is 24.2. The van der Waals surface area contributed by atoms with Gasteiger partial charge in [0.05, 0.1) is 11.0 Å². The van der Waals surface area contributed by atoms with E-state index in [4.69, 9.17) is 4.74 Å². The first-order valence-corrected chi connectivity index (χ1v) is 9.76. The number of carbonyl (C=O) groups excluding carboxylic acids is 1. The highest BCUT2D eigenvalue weighted by Gasteiger charge is 2.23. The highest BCUT2D eigenvalue weighted by atomic mass is 32.2. The zero-order valence-electron chi connectivity index (χ0n) is 13.5. The second-order valence-corrected chi connectivity index (χ2v) is 7.89. The molecular weight excluding hydrogens is 330 g/mol. The first-order chi connectivity index (χ1) is 11.5. The fourth-order valence-electron chi connectivity index (χ4n) is 2.94. The maximum atomic E-state index is 12.3. The quantitative estimate of drug-likeness (QED) is 0.681. The standard InChI is InChI=1S/C16H23N3O4S/c20-16(18-11-14-2-1-9-23-14)12-3-5-15(6-4-12)24(21,22)19-13-7-8-17-10-13/h3-6,13-14,17,19H,1-2,7-11H2,(H,18,20)/t13-,14+/m1/s1. The fourth-order valence-corrected chi connectivity index (χ4v) is 4.21. The summed E-state index contributed by atoms with van der Waals surface area (Å²) in [5.74, 6) is -0.220. The molecule has 24 heavy (non-hydrogen) atoms. The van der Waals surface area contributed by atoms with E-state index < -0.39 is 10.0 Å². The summed E-state index contributed by atoms with van der Waals surface area (Å²) in [7, 11) is -3.55. The van der Waals surface area contributed by atoms with Crippen molar-refractivity contribution in [3.05, 3.63) is 29.8 Å². The van der Waals surface area contributed by atoms with E-state index in [2.05, 4.69) is 15.4 Å². The molecule has 7 nitrogen and oxygen atoms in total. The van der Waals surface area contributed by atoms with Crippen molar-refractivity contribution in [2.24, 2.45) is 0 Å². The van der Waals surface area contributed by atoms with Crippen LogP contribution in [0.3, 0.4) is 0 Å². The molecule has 2 aliphatic rings. The van der Waals surface area contributed by atoms with E-state index in [1.54, 1.807) is 0 Å². The zero-order chi connectivity index (χ0) is 17.0. The molecule has 0 saturated carbocycles. The molecule has 132 valence electrons. The lowest BCUT2D eigenvalue weighted by atomic mass is 10.2. The third kappa shape index (κ3) is 4.32. The molecule has 0 spiro atoms. The van der Waals surface area contributed by atoms with Crippen molar-refractivity contribution in [2.45, 2.75) is 36.3 Å². The van der Waals surface area contributed by atoms with E-state index in [0.29, 0.717) is 18.7 Å². The molecule has 3 N–H and O–H groups in total. The monoisotopic (exact) mass is 353 g/mol. The summed E-state index contributed by atoms with van der Waals surface area (Å²) in [4.78, 5) is 12.3. The van der Waals surface area contributed by atoms with Gasteiger partial charge in [-0.05, 0) is 50.1 Å². The largest absolute Gasteiger partial charge is 0.376 e. The van der Waals surface area contributed by atoms with E-state index in [1.165, 1.54) is 24.3 Å². The van der Waals surface area contributed by atoms with Crippen LogP contribution in [0.4, 0.5) is 0 Å². The Morgan fingerprint density at radius 1 is 1.25 bits per heavy atom. The van der Waals surface area contributed by atoms with Crippen molar-refractivity contribution < 1.29 is 17.9 Å². The molecule has 2 heterocycles. The summed E-state index contributed by atoms with van der Waals surface area (Å²) >= 11 is 0. The van der Waals surface area contributed by atoms with Gasteiger partial charge in [0.25, 0.3) is 5.91 Å². The SMILES string of the molecule is O=C(NC[C@@H]1CCCO1)c1ccc(S(=O)(=O)N[C@@H]2CCNC2)cc1. The van der Waals surface area contributed by atoms with Gasteiger partial charge in [-0.3, -0.25) is 4.79 Å². The predicted octanol–water partition coefficient (Wildman–Crippen LogP) is 0.236. The number of amides is 1. The van der Waals surface area contributed by atoms with Crippen molar-refractivity contribution in [1.29, 1.82) is 0 Å². The van der Waals surface area contributed by atoms with Crippen LogP contribution in [0.2, 0.25) is 0 Å². The van der Waals surface area contributed by atoms with E-state index in [0.717, 1.165) is 32.4 Å². The first kappa shape index (κ1) is 17.3. The lowest BCUT2D eigenvalue weighted by Crippen LogP contribution is -2.36. The molecule has 0 aromatic heterocycles. The predicted molar refractivity (Wildman–Crippen MR) is 89.3 cm³/mol. The number of hydrogen-bond acceptors (Lipinski definition) is 5. The number of carbonyl (C=O) groups is 1. The minimum Gasteiger partial charge on any atom is -0.376 e. The number of sulfonamides is 1. The van der Waals surface area contributed by atoms with Crippen molar-refractivity contribution >= 4 is 15.9 Å². The molecule has 0 unspecified atom stereocenters. The minimum absolute atomic E-state index is 0.0793. The van der Waals surface area contributed by atoms with Gasteiger partial charge < -0.3 is 15.4 Å². The average molecular weight is 353 g/mol. The molecule has 2 aliphatic heterocycles. The van der Waals surface area contributed by atoms with Gasteiger partial charge in [-0.25, -0.2) is 13.1 Å². The van der Waals surface area contributed by atoms with E-state index >= 15 is 0 Å². The maximum Gasteiger partial charge on any atom is 0.251 e. The number of benzene rings is 1. The van der Waals surface area contributed by atoms with Gasteiger partial charge in [-0.2, -0.15) is 0 Å². The Balaban J connectivity index is 1.58. The van der Waals surface area contributed by atoms with Gasteiger partial charge in [-0.15, -0.1) is 0 Å². The van der Waals surface area contributed by atoms with Crippen LogP contribution in [0, 0.1) is 0 Å². The van der Waals surface area contributed by atoms with Gasteiger partial charge in [0.1, 0.15) is 0 Å². The molecule has 2 atom stereocenters. The number of ether oxygens (including phenoxy) is 1. The summed E-state index contributed by atoms with van der Waals surface area (Å²) in [6.45, 7) is 2.69. The van der Waals surface area contributed by atoms with Crippen LogP contribution in [0.5, 0.6) is 0 Å². The van der Waals surface area contributed by atoms with Crippen LogP contribution in [0.15, 0.2) is 29.2 Å². The summed E-state index contributed by atoms with van der Waals surface area (Å²) in [5.41, 5.74) is 0.439. The molecule has 3 rings (SSSR count). The van der Waals surface area contributed by atoms with Crippen molar-refractivity contribution in [2.75, 3.05) is 26.2 Å². The van der Waals surface area contributed by atoms with Crippen molar-refractivity contribution in [3.63, 3.8) is 0 Å². The van der Waals surface area contributed by atoms with Crippen LogP contribution < -0.4 is 15.4 Å². The Morgan fingerprint density at radius 2 is 2.04 bits per heavy atom. The Labute approximate surface area is 142 Å². The topological polar surface area (TPSA) is 96.5 Å². The molecule has 2 saturated heterocycles. The number of hydrogen-bond donors (Lipinski definition) is 3. The third-order valence-corrected chi connectivity index (χ3v) is 5.86. The van der Waals surface area contributed by atoms with Gasteiger partial charge in [0.2, 0.25) is 10.0 Å². The second-order valence-electron chi connectivity index (χ2n) is 6.18. The third-order valence-electron chi connectivity index (χ3n) is 4.32. The molecule has 1 aromatic carbocycles. The van der Waals surface area contributed by atoms with E-state index in [1.807, 2.05) is 0 Å². The van der Waals surface area contributed by atoms with Gasteiger partial charge in [0, 0.05) is 31.3 Å². The van der Waals surface area contributed by atoms with Crippen molar-refractivity contribution in [3.8, 4) is 0 Å². The molecule has 0 bridgehead atoms. The molecule has 1 amide bonds. The molecule has 0 radical (unpaired) electrons. The van der Waals surface area contributed by atoms with E-state index in [9.17, 15) is 13.2 Å². The lowest BCUT2D eigenvalue weighted by Gasteiger charge is -2.13. The Kier molecular flexibility index (Phi) is 5.50. The Bertz CT molecular complexity index is 663. The van der Waals surface area contributed by atoms with Crippen LogP contribution in [0.25, 0.3) is 0 Å². The number of nitrogens with one attached hydrogen (secondary N) is 3. The van der Waals surface area contributed by atoms with Crippen LogP contribution in [-0.4, -0.2) is 52.7 Å². The summed E-state index contributed by atoms with van der Waals surface area (Å²) in [6, 6.07) is 5.92. The molecule has 2 fully saturated rings. The van der Waals surface area contributed by atoms with Crippen LogP contribution in [-0.2, 0) is 14.8 Å². The second kappa shape index (κ2) is 7.60. The highest BCUT2D eigenvalue weighted by Crippen LogP contribution is 2.14. The maximum absolute atomic E-state index is 12.3. The molecule has 8 heteroatoms. The first-order valence-electron chi connectivity index (χ1n) is 8.27. The lowest BCUT2D eigenvalue weighted by molar-refractivity contribution is 0.0857. The molecule has 1 aromatic rings. The van der Waals surface area contributed by atoms with Gasteiger partial charge in [-0.1, -0.05) is 0 Å². The fraction of sp³-hybridized carbons (Fsp3) is 0.562. The molecular formula is C16H23N3O4S.